The highest BCUT2D eigenvalue weighted by Gasteiger charge is 2.25. The maximum absolute atomic E-state index is 12.4. The van der Waals surface area contributed by atoms with Crippen molar-refractivity contribution in [3.63, 3.8) is 0 Å². The molecule has 0 aromatic heterocycles. The second-order valence-electron chi connectivity index (χ2n) is 5.10. The van der Waals surface area contributed by atoms with Crippen molar-refractivity contribution in [3.05, 3.63) is 17.7 Å². The Balaban J connectivity index is 2.17. The Bertz CT molecular complexity index is 513. The summed E-state index contributed by atoms with van der Waals surface area (Å²) < 4.78 is 15.9. The number of hydrogen-bond acceptors (Lipinski definition) is 5. The maximum atomic E-state index is 12.4. The molecule has 116 valence electrons. The number of nitrogen functional groups attached to an aromatic ring is 1. The topological polar surface area (TPSA) is 82.8 Å². The van der Waals surface area contributed by atoms with Gasteiger partial charge in [-0.05, 0) is 25.8 Å². The molecule has 1 aromatic carbocycles. The van der Waals surface area contributed by atoms with Crippen molar-refractivity contribution < 1.29 is 19.0 Å². The number of carbonyl (C=O) groups is 1. The fourth-order valence-corrected chi connectivity index (χ4v) is 2.45. The van der Waals surface area contributed by atoms with Crippen LogP contribution in [-0.4, -0.2) is 38.9 Å². The van der Waals surface area contributed by atoms with Crippen LogP contribution >= 0.6 is 0 Å². The highest BCUT2D eigenvalue weighted by atomic mass is 16.5. The van der Waals surface area contributed by atoms with Crippen molar-refractivity contribution in [1.82, 2.24) is 5.32 Å². The zero-order valence-electron chi connectivity index (χ0n) is 12.6. The fraction of sp³-hybridized carbons (Fsp3) is 0.533. The summed E-state index contributed by atoms with van der Waals surface area (Å²) in [6.45, 7) is 2.68. The van der Waals surface area contributed by atoms with E-state index in [1.807, 2.05) is 6.92 Å². The Morgan fingerprint density at radius 1 is 1.43 bits per heavy atom. The summed E-state index contributed by atoms with van der Waals surface area (Å²) in [5, 5.41) is 2.93. The van der Waals surface area contributed by atoms with Crippen molar-refractivity contribution >= 4 is 11.6 Å². The molecular weight excluding hydrogens is 272 g/mol. The van der Waals surface area contributed by atoms with Gasteiger partial charge in [0.05, 0.1) is 37.6 Å². The van der Waals surface area contributed by atoms with E-state index in [1.165, 1.54) is 14.2 Å². The van der Waals surface area contributed by atoms with E-state index >= 15 is 0 Å². The molecule has 1 heterocycles. The number of methoxy groups -OCH3 is 2. The number of anilines is 1. The van der Waals surface area contributed by atoms with Gasteiger partial charge in [-0.15, -0.1) is 0 Å². The first kappa shape index (κ1) is 15.4. The molecule has 1 amide bonds. The highest BCUT2D eigenvalue weighted by molar-refractivity contribution is 6.01. The second-order valence-corrected chi connectivity index (χ2v) is 5.10. The molecule has 1 aliphatic heterocycles. The third-order valence-electron chi connectivity index (χ3n) is 3.70. The van der Waals surface area contributed by atoms with Gasteiger partial charge in [0.1, 0.15) is 11.5 Å². The van der Waals surface area contributed by atoms with E-state index in [9.17, 15) is 4.79 Å². The molecular formula is C15H22N2O4. The number of nitrogens with two attached hydrogens (primary N) is 1. The molecule has 1 aliphatic rings. The summed E-state index contributed by atoms with van der Waals surface area (Å²) in [5.74, 6) is 0.688. The standard InChI is InChI=1S/C15H22N2O4/c1-9(12-5-4-6-21-12)17-15(18)11-7-10(19-2)8-13(20-3)14(11)16/h7-9,12H,4-6,16H2,1-3H3,(H,17,18). The van der Waals surface area contributed by atoms with Crippen molar-refractivity contribution in [3.8, 4) is 11.5 Å². The minimum Gasteiger partial charge on any atom is -0.497 e. The van der Waals surface area contributed by atoms with Gasteiger partial charge in [0.2, 0.25) is 0 Å². The van der Waals surface area contributed by atoms with Crippen LogP contribution in [0.1, 0.15) is 30.1 Å². The fourth-order valence-electron chi connectivity index (χ4n) is 2.45. The summed E-state index contributed by atoms with van der Waals surface area (Å²) in [6, 6.07) is 3.18. The Labute approximate surface area is 124 Å². The molecule has 3 N–H and O–H groups in total. The summed E-state index contributed by atoms with van der Waals surface area (Å²) in [6.07, 6.45) is 2.04. The van der Waals surface area contributed by atoms with Gasteiger partial charge in [-0.3, -0.25) is 4.79 Å². The molecule has 0 aliphatic carbocycles. The SMILES string of the molecule is COc1cc(OC)c(N)c(C(=O)NC(C)C2CCCO2)c1. The first-order chi connectivity index (χ1) is 10.1. The molecule has 0 saturated carbocycles. The zero-order valence-corrected chi connectivity index (χ0v) is 12.6. The number of benzene rings is 1. The Morgan fingerprint density at radius 2 is 2.19 bits per heavy atom. The number of nitrogens with one attached hydrogen (secondary N) is 1. The Kier molecular flexibility index (Phi) is 4.90. The van der Waals surface area contributed by atoms with Gasteiger partial charge in [-0.25, -0.2) is 0 Å². The number of hydrogen-bond donors (Lipinski definition) is 2. The van der Waals surface area contributed by atoms with Crippen LogP contribution in [0.3, 0.4) is 0 Å². The van der Waals surface area contributed by atoms with Gasteiger partial charge < -0.3 is 25.3 Å². The Morgan fingerprint density at radius 3 is 2.76 bits per heavy atom. The minimum absolute atomic E-state index is 0.0580. The molecule has 6 nitrogen and oxygen atoms in total. The first-order valence-electron chi connectivity index (χ1n) is 7.00. The van der Waals surface area contributed by atoms with Crippen LogP contribution in [0.15, 0.2) is 12.1 Å². The van der Waals surface area contributed by atoms with Crippen LogP contribution in [0.25, 0.3) is 0 Å². The minimum atomic E-state index is -0.257. The highest BCUT2D eigenvalue weighted by Crippen LogP contribution is 2.31. The molecule has 2 atom stereocenters. The van der Waals surface area contributed by atoms with Crippen LogP contribution in [0.4, 0.5) is 5.69 Å². The van der Waals surface area contributed by atoms with E-state index in [-0.39, 0.29) is 18.1 Å². The first-order valence-corrected chi connectivity index (χ1v) is 7.00. The molecule has 6 heteroatoms. The molecule has 1 saturated heterocycles. The van der Waals surface area contributed by atoms with Crippen LogP contribution in [0, 0.1) is 0 Å². The van der Waals surface area contributed by atoms with Crippen molar-refractivity contribution in [2.24, 2.45) is 0 Å². The van der Waals surface area contributed by atoms with Crippen molar-refractivity contribution in [2.75, 3.05) is 26.6 Å². The lowest BCUT2D eigenvalue weighted by Crippen LogP contribution is -2.41. The van der Waals surface area contributed by atoms with E-state index in [1.54, 1.807) is 12.1 Å². The molecule has 2 rings (SSSR count). The summed E-state index contributed by atoms with van der Waals surface area (Å²) in [7, 11) is 3.03. The van der Waals surface area contributed by atoms with E-state index in [2.05, 4.69) is 5.32 Å². The lowest BCUT2D eigenvalue weighted by molar-refractivity contribution is 0.0712. The van der Waals surface area contributed by atoms with Gasteiger partial charge in [-0.1, -0.05) is 0 Å². The van der Waals surface area contributed by atoms with Crippen LogP contribution in [0.2, 0.25) is 0 Å². The third kappa shape index (κ3) is 3.39. The normalized spacial score (nSPS) is 19.1. The van der Waals surface area contributed by atoms with Crippen molar-refractivity contribution in [1.29, 1.82) is 0 Å². The summed E-state index contributed by atoms with van der Waals surface area (Å²) >= 11 is 0. The number of amides is 1. The Hall–Kier alpha value is -1.95. The molecule has 0 radical (unpaired) electrons. The molecule has 2 unspecified atom stereocenters. The van der Waals surface area contributed by atoms with Gasteiger partial charge in [-0.2, -0.15) is 0 Å². The smallest absolute Gasteiger partial charge is 0.253 e. The third-order valence-corrected chi connectivity index (χ3v) is 3.70. The average Bonchev–Trinajstić information content (AvgIpc) is 3.01. The van der Waals surface area contributed by atoms with Gasteiger partial charge in [0.15, 0.2) is 0 Å². The monoisotopic (exact) mass is 294 g/mol. The van der Waals surface area contributed by atoms with E-state index in [0.29, 0.717) is 22.7 Å². The predicted molar refractivity (Wildman–Crippen MR) is 79.9 cm³/mol. The van der Waals surface area contributed by atoms with E-state index in [0.717, 1.165) is 19.4 Å². The average molecular weight is 294 g/mol. The van der Waals surface area contributed by atoms with Crippen molar-refractivity contribution in [2.45, 2.75) is 31.9 Å². The molecule has 1 aromatic rings. The molecule has 1 fully saturated rings. The lowest BCUT2D eigenvalue weighted by atomic mass is 10.1. The summed E-state index contributed by atoms with van der Waals surface area (Å²) in [4.78, 5) is 12.4. The molecule has 0 bridgehead atoms. The van der Waals surface area contributed by atoms with Gasteiger partial charge >= 0.3 is 0 Å². The maximum Gasteiger partial charge on any atom is 0.253 e. The van der Waals surface area contributed by atoms with E-state index in [4.69, 9.17) is 19.9 Å². The number of carbonyl (C=O) groups excluding carboxylic acids is 1. The number of rotatable bonds is 5. The van der Waals surface area contributed by atoms with Gasteiger partial charge in [0, 0.05) is 12.7 Å². The van der Waals surface area contributed by atoms with Crippen LogP contribution in [-0.2, 0) is 4.74 Å². The predicted octanol–water partition coefficient (Wildman–Crippen LogP) is 1.58. The largest absolute Gasteiger partial charge is 0.497 e. The lowest BCUT2D eigenvalue weighted by Gasteiger charge is -2.21. The molecule has 21 heavy (non-hydrogen) atoms. The molecule has 0 spiro atoms. The second kappa shape index (κ2) is 6.67. The van der Waals surface area contributed by atoms with E-state index < -0.39 is 0 Å². The van der Waals surface area contributed by atoms with Crippen LogP contribution in [0.5, 0.6) is 11.5 Å². The quantitative estimate of drug-likeness (QED) is 0.806. The summed E-state index contributed by atoms with van der Waals surface area (Å²) in [5.41, 5.74) is 6.62. The zero-order chi connectivity index (χ0) is 15.4. The van der Waals surface area contributed by atoms with Gasteiger partial charge in [0.25, 0.3) is 5.91 Å². The number of ether oxygens (including phenoxy) is 3. The van der Waals surface area contributed by atoms with Crippen LogP contribution < -0.4 is 20.5 Å².